The molecular formula is C13H14F2N4O. The third-order valence-corrected chi connectivity index (χ3v) is 2.33. The minimum atomic E-state index is -0.730. The number of nitrogen functional groups attached to an aromatic ring is 1. The Kier molecular flexibility index (Phi) is 4.29. The van der Waals surface area contributed by atoms with Gasteiger partial charge in [0.25, 0.3) is 0 Å². The summed E-state index contributed by atoms with van der Waals surface area (Å²) in [5.41, 5.74) is 5.55. The van der Waals surface area contributed by atoms with Crippen LogP contribution in [-0.2, 0) is 0 Å². The number of anilines is 2. The molecule has 2 rings (SSSR count). The van der Waals surface area contributed by atoms with Crippen LogP contribution in [0.15, 0.2) is 24.3 Å². The molecule has 0 radical (unpaired) electrons. The van der Waals surface area contributed by atoms with Crippen LogP contribution in [0.5, 0.6) is 11.6 Å². The van der Waals surface area contributed by atoms with E-state index in [0.717, 1.165) is 24.6 Å². The summed E-state index contributed by atoms with van der Waals surface area (Å²) in [5.74, 6) is -0.843. The van der Waals surface area contributed by atoms with E-state index >= 15 is 0 Å². The maximum absolute atomic E-state index is 13.1. The Morgan fingerprint density at radius 1 is 1.15 bits per heavy atom. The van der Waals surface area contributed by atoms with E-state index in [1.54, 1.807) is 0 Å². The molecule has 0 aliphatic rings. The molecule has 0 saturated carbocycles. The molecular weight excluding hydrogens is 266 g/mol. The number of nitrogens with two attached hydrogens (primary N) is 1. The third kappa shape index (κ3) is 3.78. The van der Waals surface area contributed by atoms with Crippen molar-refractivity contribution in [1.29, 1.82) is 0 Å². The van der Waals surface area contributed by atoms with Crippen LogP contribution in [-0.4, -0.2) is 16.5 Å². The van der Waals surface area contributed by atoms with Crippen molar-refractivity contribution in [2.45, 2.75) is 13.3 Å². The highest BCUT2D eigenvalue weighted by Gasteiger charge is 2.07. The first-order valence-corrected chi connectivity index (χ1v) is 6.09. The third-order valence-electron chi connectivity index (χ3n) is 2.33. The number of aromatic nitrogens is 2. The van der Waals surface area contributed by atoms with Gasteiger partial charge < -0.3 is 15.8 Å². The van der Waals surface area contributed by atoms with Crippen molar-refractivity contribution < 1.29 is 13.5 Å². The molecule has 2 aromatic rings. The van der Waals surface area contributed by atoms with Crippen LogP contribution in [0, 0.1) is 11.6 Å². The van der Waals surface area contributed by atoms with Gasteiger partial charge in [0.2, 0.25) is 11.8 Å². The molecule has 0 unspecified atom stereocenters. The molecule has 0 bridgehead atoms. The number of benzene rings is 1. The highest BCUT2D eigenvalue weighted by Crippen LogP contribution is 2.24. The number of rotatable bonds is 5. The lowest BCUT2D eigenvalue weighted by Gasteiger charge is -2.08. The zero-order chi connectivity index (χ0) is 14.5. The Hall–Kier alpha value is -2.44. The molecule has 0 fully saturated rings. The van der Waals surface area contributed by atoms with Crippen LogP contribution in [0.4, 0.5) is 20.5 Å². The van der Waals surface area contributed by atoms with Crippen molar-refractivity contribution in [1.82, 2.24) is 9.97 Å². The summed E-state index contributed by atoms with van der Waals surface area (Å²) in [5, 5.41) is 3.02. The monoisotopic (exact) mass is 280 g/mol. The number of nitrogens with one attached hydrogen (secondary N) is 1. The Bertz CT molecular complexity index is 587. The first-order valence-electron chi connectivity index (χ1n) is 6.09. The van der Waals surface area contributed by atoms with Crippen molar-refractivity contribution in [3.63, 3.8) is 0 Å². The van der Waals surface area contributed by atoms with Crippen LogP contribution >= 0.6 is 0 Å². The minimum Gasteiger partial charge on any atom is -0.439 e. The predicted octanol–water partition coefficient (Wildman–Crippen LogP) is 2.95. The fourth-order valence-corrected chi connectivity index (χ4v) is 1.55. The predicted molar refractivity (Wildman–Crippen MR) is 71.7 cm³/mol. The maximum Gasteiger partial charge on any atom is 0.226 e. The van der Waals surface area contributed by atoms with Crippen molar-refractivity contribution in [3.05, 3.63) is 35.9 Å². The molecule has 3 N–H and O–H groups in total. The quantitative estimate of drug-likeness (QED) is 0.881. The first kappa shape index (κ1) is 14.0. The Morgan fingerprint density at radius 3 is 2.50 bits per heavy atom. The lowest BCUT2D eigenvalue weighted by atomic mass is 10.3. The second-order valence-corrected chi connectivity index (χ2v) is 4.08. The zero-order valence-corrected chi connectivity index (χ0v) is 10.9. The van der Waals surface area contributed by atoms with E-state index in [0.29, 0.717) is 12.4 Å². The van der Waals surface area contributed by atoms with Crippen LogP contribution in [0.2, 0.25) is 0 Å². The molecule has 0 atom stereocenters. The number of halogens is 2. The largest absolute Gasteiger partial charge is 0.439 e. The van der Waals surface area contributed by atoms with Crippen molar-refractivity contribution in [2.75, 3.05) is 17.6 Å². The molecule has 0 saturated heterocycles. The number of hydrogen-bond acceptors (Lipinski definition) is 5. The van der Waals surface area contributed by atoms with E-state index in [2.05, 4.69) is 15.3 Å². The molecule has 0 amide bonds. The van der Waals surface area contributed by atoms with E-state index in [9.17, 15) is 8.78 Å². The zero-order valence-electron chi connectivity index (χ0n) is 10.9. The fourth-order valence-electron chi connectivity index (χ4n) is 1.55. The van der Waals surface area contributed by atoms with Gasteiger partial charge in [0.15, 0.2) is 0 Å². The van der Waals surface area contributed by atoms with Crippen molar-refractivity contribution in [2.24, 2.45) is 0 Å². The van der Waals surface area contributed by atoms with Gasteiger partial charge in [-0.3, -0.25) is 0 Å². The molecule has 0 aliphatic carbocycles. The number of hydrogen-bond donors (Lipinski definition) is 2. The molecule has 106 valence electrons. The highest BCUT2D eigenvalue weighted by atomic mass is 19.1. The second kappa shape index (κ2) is 6.14. The average Bonchev–Trinajstić information content (AvgIpc) is 2.34. The van der Waals surface area contributed by atoms with Gasteiger partial charge in [0, 0.05) is 30.8 Å². The maximum atomic E-state index is 13.1. The molecule has 0 aliphatic heterocycles. The van der Waals surface area contributed by atoms with Gasteiger partial charge in [-0.25, -0.2) is 8.78 Å². The Labute approximate surface area is 114 Å². The molecule has 7 heteroatoms. The SMILES string of the molecule is CCCNc1cc(Oc2cc(F)cc(F)c2)nc(N)n1. The Balaban J connectivity index is 2.21. The van der Waals surface area contributed by atoms with Crippen LogP contribution < -0.4 is 15.8 Å². The average molecular weight is 280 g/mol. The van der Waals surface area contributed by atoms with E-state index in [-0.39, 0.29) is 17.6 Å². The van der Waals surface area contributed by atoms with Gasteiger partial charge in [0.1, 0.15) is 23.2 Å². The van der Waals surface area contributed by atoms with E-state index in [4.69, 9.17) is 10.5 Å². The minimum absolute atomic E-state index is 0.00189. The topological polar surface area (TPSA) is 73.1 Å². The highest BCUT2D eigenvalue weighted by molar-refractivity contribution is 5.44. The van der Waals surface area contributed by atoms with Gasteiger partial charge in [-0.05, 0) is 6.42 Å². The fraction of sp³-hybridized carbons (Fsp3) is 0.231. The standard InChI is InChI=1S/C13H14F2N4O/c1-2-3-17-11-7-12(19-13(16)18-11)20-10-5-8(14)4-9(15)6-10/h4-7H,2-3H2,1H3,(H3,16,17,18,19). The molecule has 1 heterocycles. The van der Waals surface area contributed by atoms with Gasteiger partial charge in [-0.15, -0.1) is 0 Å². The van der Waals surface area contributed by atoms with Gasteiger partial charge in [0.05, 0.1) is 0 Å². The smallest absolute Gasteiger partial charge is 0.226 e. The number of nitrogens with zero attached hydrogens (tertiary/aromatic N) is 2. The van der Waals surface area contributed by atoms with Crippen molar-refractivity contribution in [3.8, 4) is 11.6 Å². The summed E-state index contributed by atoms with van der Waals surface area (Å²) in [7, 11) is 0. The lowest BCUT2D eigenvalue weighted by Crippen LogP contribution is -2.05. The van der Waals surface area contributed by atoms with E-state index < -0.39 is 11.6 Å². The summed E-state index contributed by atoms with van der Waals surface area (Å²) in [6, 6.07) is 4.38. The van der Waals surface area contributed by atoms with Gasteiger partial charge in [-0.2, -0.15) is 9.97 Å². The Morgan fingerprint density at radius 2 is 1.85 bits per heavy atom. The second-order valence-electron chi connectivity index (χ2n) is 4.08. The molecule has 1 aromatic carbocycles. The van der Waals surface area contributed by atoms with Gasteiger partial charge in [-0.1, -0.05) is 6.92 Å². The molecule has 1 aromatic heterocycles. The van der Waals surface area contributed by atoms with Crippen LogP contribution in [0.3, 0.4) is 0 Å². The lowest BCUT2D eigenvalue weighted by molar-refractivity contribution is 0.451. The first-order chi connectivity index (χ1) is 9.56. The summed E-state index contributed by atoms with van der Waals surface area (Å²) in [6.07, 6.45) is 0.912. The van der Waals surface area contributed by atoms with E-state index in [1.165, 1.54) is 6.07 Å². The normalized spacial score (nSPS) is 10.3. The van der Waals surface area contributed by atoms with Crippen LogP contribution in [0.25, 0.3) is 0 Å². The summed E-state index contributed by atoms with van der Waals surface area (Å²) in [4.78, 5) is 7.83. The van der Waals surface area contributed by atoms with E-state index in [1.807, 2.05) is 6.92 Å². The summed E-state index contributed by atoms with van der Waals surface area (Å²) in [6.45, 7) is 2.72. The van der Waals surface area contributed by atoms with Crippen LogP contribution in [0.1, 0.15) is 13.3 Å². The number of ether oxygens (including phenoxy) is 1. The summed E-state index contributed by atoms with van der Waals surface area (Å²) < 4.78 is 31.4. The van der Waals surface area contributed by atoms with Crippen molar-refractivity contribution >= 4 is 11.8 Å². The molecule has 20 heavy (non-hydrogen) atoms. The van der Waals surface area contributed by atoms with Gasteiger partial charge >= 0.3 is 0 Å². The summed E-state index contributed by atoms with van der Waals surface area (Å²) >= 11 is 0. The molecule has 0 spiro atoms. The molecule has 5 nitrogen and oxygen atoms in total.